The Morgan fingerprint density at radius 1 is 1.38 bits per heavy atom. The number of nitrogens with two attached hydrogens (primary N) is 1. The van der Waals surface area contributed by atoms with Crippen LogP contribution in [0.25, 0.3) is 5.52 Å². The molecular formula is C16H17FN6O. The fourth-order valence-corrected chi connectivity index (χ4v) is 3.22. The van der Waals surface area contributed by atoms with Crippen molar-refractivity contribution < 1.29 is 9.18 Å². The first-order valence-electron chi connectivity index (χ1n) is 7.69. The molecule has 2 atom stereocenters. The minimum absolute atomic E-state index is 0.0156. The Labute approximate surface area is 137 Å². The molecule has 1 aliphatic heterocycles. The van der Waals surface area contributed by atoms with Crippen molar-refractivity contribution in [3.8, 4) is 0 Å². The summed E-state index contributed by atoms with van der Waals surface area (Å²) in [5, 5.41) is 0. The summed E-state index contributed by atoms with van der Waals surface area (Å²) in [5.74, 6) is -0.487. The molecule has 24 heavy (non-hydrogen) atoms. The third kappa shape index (κ3) is 2.26. The monoisotopic (exact) mass is 328 g/mol. The second-order valence-electron chi connectivity index (χ2n) is 6.14. The molecule has 0 aromatic carbocycles. The third-order valence-corrected chi connectivity index (χ3v) is 4.47. The lowest BCUT2D eigenvalue weighted by molar-refractivity contribution is 0.0776. The number of hydrogen-bond donors (Lipinski definition) is 1. The molecule has 4 heterocycles. The third-order valence-electron chi connectivity index (χ3n) is 4.47. The lowest BCUT2D eigenvalue weighted by Gasteiger charge is -2.15. The first-order chi connectivity index (χ1) is 11.5. The zero-order valence-corrected chi connectivity index (χ0v) is 13.1. The number of carbonyl (C=O) groups is 1. The molecule has 0 saturated carbocycles. The Bertz CT molecular complexity index is 916. The van der Waals surface area contributed by atoms with Gasteiger partial charge < -0.3 is 15.2 Å². The molecule has 8 heteroatoms. The van der Waals surface area contributed by atoms with Gasteiger partial charge in [0.05, 0.1) is 18.2 Å². The minimum Gasteiger partial charge on any atom is -0.340 e. The summed E-state index contributed by atoms with van der Waals surface area (Å²) in [6, 6.07) is 2.70. The largest absolute Gasteiger partial charge is 0.340 e. The van der Waals surface area contributed by atoms with E-state index in [-0.39, 0.29) is 29.2 Å². The topological polar surface area (TPSA) is 81.5 Å². The van der Waals surface area contributed by atoms with E-state index in [1.54, 1.807) is 23.5 Å². The van der Waals surface area contributed by atoms with Crippen LogP contribution in [-0.4, -0.2) is 48.9 Å². The number of aromatic nitrogens is 4. The molecule has 0 unspecified atom stereocenters. The molecule has 2 N–H and O–H groups in total. The van der Waals surface area contributed by atoms with E-state index in [0.717, 1.165) is 5.69 Å². The quantitative estimate of drug-likeness (QED) is 0.753. The van der Waals surface area contributed by atoms with Gasteiger partial charge in [0, 0.05) is 44.5 Å². The maximum absolute atomic E-state index is 13.8. The van der Waals surface area contributed by atoms with E-state index in [0.29, 0.717) is 13.1 Å². The summed E-state index contributed by atoms with van der Waals surface area (Å²) in [7, 11) is 1.89. The average Bonchev–Trinajstić information content (AvgIpc) is 3.25. The highest BCUT2D eigenvalue weighted by atomic mass is 19.1. The van der Waals surface area contributed by atoms with Gasteiger partial charge in [-0.2, -0.15) is 0 Å². The van der Waals surface area contributed by atoms with Gasteiger partial charge in [0.2, 0.25) is 5.82 Å². The molecule has 1 amide bonds. The number of carbonyl (C=O) groups excluding carboxylic acids is 1. The van der Waals surface area contributed by atoms with Crippen LogP contribution in [0.3, 0.4) is 0 Å². The zero-order chi connectivity index (χ0) is 16.8. The van der Waals surface area contributed by atoms with Crippen LogP contribution in [0, 0.1) is 5.82 Å². The van der Waals surface area contributed by atoms with E-state index in [1.165, 1.54) is 16.7 Å². The molecule has 3 aromatic heterocycles. The molecule has 124 valence electrons. The number of hydrogen-bond acceptors (Lipinski definition) is 4. The zero-order valence-electron chi connectivity index (χ0n) is 13.1. The molecule has 4 rings (SSSR count). The number of imidazole rings is 2. The van der Waals surface area contributed by atoms with Crippen LogP contribution in [-0.2, 0) is 7.05 Å². The lowest BCUT2D eigenvalue weighted by atomic mass is 10.0. The van der Waals surface area contributed by atoms with Gasteiger partial charge in [-0.15, -0.1) is 0 Å². The first-order valence-corrected chi connectivity index (χ1v) is 7.69. The van der Waals surface area contributed by atoms with Crippen LogP contribution >= 0.6 is 0 Å². The van der Waals surface area contributed by atoms with E-state index in [9.17, 15) is 9.18 Å². The van der Waals surface area contributed by atoms with Crippen molar-refractivity contribution in [1.82, 2.24) is 23.8 Å². The summed E-state index contributed by atoms with van der Waals surface area (Å²) >= 11 is 0. The maximum atomic E-state index is 13.8. The van der Waals surface area contributed by atoms with Gasteiger partial charge in [0.1, 0.15) is 11.3 Å². The molecule has 1 saturated heterocycles. The van der Waals surface area contributed by atoms with Gasteiger partial charge in [-0.05, 0) is 12.1 Å². The smallest absolute Gasteiger partial charge is 0.290 e. The van der Waals surface area contributed by atoms with Crippen LogP contribution in [0.1, 0.15) is 22.2 Å². The van der Waals surface area contributed by atoms with Crippen LogP contribution in [0.5, 0.6) is 0 Å². The highest BCUT2D eigenvalue weighted by Crippen LogP contribution is 2.26. The highest BCUT2D eigenvalue weighted by Gasteiger charge is 2.36. The molecule has 0 spiro atoms. The van der Waals surface area contributed by atoms with Crippen molar-refractivity contribution in [2.45, 2.75) is 12.0 Å². The number of likely N-dealkylation sites (tertiary alicyclic amines) is 1. The van der Waals surface area contributed by atoms with Crippen LogP contribution in [0.4, 0.5) is 4.39 Å². The second kappa shape index (κ2) is 5.41. The molecule has 1 aliphatic rings. The van der Waals surface area contributed by atoms with Gasteiger partial charge in [0.15, 0.2) is 0 Å². The van der Waals surface area contributed by atoms with E-state index in [2.05, 4.69) is 9.97 Å². The fraction of sp³-hybridized carbons (Fsp3) is 0.312. The van der Waals surface area contributed by atoms with Crippen molar-refractivity contribution in [2.75, 3.05) is 13.1 Å². The van der Waals surface area contributed by atoms with Gasteiger partial charge in [-0.3, -0.25) is 9.20 Å². The number of fused-ring (bicyclic) bond motifs is 1. The van der Waals surface area contributed by atoms with Crippen LogP contribution < -0.4 is 5.73 Å². The summed E-state index contributed by atoms with van der Waals surface area (Å²) in [5.41, 5.74) is 7.37. The van der Waals surface area contributed by atoms with E-state index in [4.69, 9.17) is 5.73 Å². The summed E-state index contributed by atoms with van der Waals surface area (Å²) < 4.78 is 17.1. The Hall–Kier alpha value is -2.74. The van der Waals surface area contributed by atoms with Crippen molar-refractivity contribution in [1.29, 1.82) is 0 Å². The Balaban J connectivity index is 1.62. The van der Waals surface area contributed by atoms with Gasteiger partial charge >= 0.3 is 0 Å². The van der Waals surface area contributed by atoms with Crippen LogP contribution in [0.2, 0.25) is 0 Å². The molecule has 1 fully saturated rings. The number of amides is 1. The first kappa shape index (κ1) is 14.8. The lowest BCUT2D eigenvalue weighted by Crippen LogP contribution is -2.33. The van der Waals surface area contributed by atoms with E-state index < -0.39 is 5.82 Å². The predicted octanol–water partition coefficient (Wildman–Crippen LogP) is 0.774. The minimum atomic E-state index is -0.409. The van der Waals surface area contributed by atoms with Crippen molar-refractivity contribution in [2.24, 2.45) is 12.8 Å². The molecule has 7 nitrogen and oxygen atoms in total. The molecular weight excluding hydrogens is 311 g/mol. The molecule has 0 aliphatic carbocycles. The maximum Gasteiger partial charge on any atom is 0.290 e. The average molecular weight is 328 g/mol. The Morgan fingerprint density at radius 2 is 2.21 bits per heavy atom. The highest BCUT2D eigenvalue weighted by molar-refractivity contribution is 5.92. The van der Waals surface area contributed by atoms with Crippen LogP contribution in [0.15, 0.2) is 37.1 Å². The predicted molar refractivity (Wildman–Crippen MR) is 85.0 cm³/mol. The number of aryl methyl sites for hydroxylation is 1. The van der Waals surface area contributed by atoms with Crippen molar-refractivity contribution in [3.05, 3.63) is 54.4 Å². The van der Waals surface area contributed by atoms with E-state index >= 15 is 0 Å². The molecule has 0 bridgehead atoms. The number of rotatable bonds is 2. The van der Waals surface area contributed by atoms with Gasteiger partial charge in [-0.25, -0.2) is 14.4 Å². The fourth-order valence-electron chi connectivity index (χ4n) is 3.22. The molecule has 3 aromatic rings. The number of halogens is 1. The van der Waals surface area contributed by atoms with Gasteiger partial charge in [-0.1, -0.05) is 0 Å². The SMILES string of the molecule is Cn1cnc([C@@H]2CN(C(=O)c3ncc4c(F)cccn34)C[C@H]2N)c1. The Morgan fingerprint density at radius 3 is 2.96 bits per heavy atom. The Kier molecular flexibility index (Phi) is 3.34. The second-order valence-corrected chi connectivity index (χ2v) is 6.14. The van der Waals surface area contributed by atoms with Gasteiger partial charge in [0.25, 0.3) is 5.91 Å². The summed E-state index contributed by atoms with van der Waals surface area (Å²) in [6.45, 7) is 0.894. The normalized spacial score (nSPS) is 20.9. The number of pyridine rings is 1. The number of nitrogens with zero attached hydrogens (tertiary/aromatic N) is 5. The molecule has 0 radical (unpaired) electrons. The summed E-state index contributed by atoms with van der Waals surface area (Å²) in [4.78, 5) is 22.9. The standard InChI is InChI=1S/C16H17FN6O/c1-21-8-13(20-9-21)10-6-22(7-12(10)18)16(24)15-19-5-14-11(17)3-2-4-23(14)15/h2-5,8-10,12H,6-7,18H2,1H3/t10-,12-/m1/s1. The summed E-state index contributed by atoms with van der Waals surface area (Å²) in [6.07, 6.45) is 6.63. The van der Waals surface area contributed by atoms with Crippen molar-refractivity contribution >= 4 is 11.4 Å². The van der Waals surface area contributed by atoms with Crippen molar-refractivity contribution in [3.63, 3.8) is 0 Å². The van der Waals surface area contributed by atoms with E-state index in [1.807, 2.05) is 17.8 Å².